The van der Waals surface area contributed by atoms with Crippen LogP contribution in [0.5, 0.6) is 0 Å². The van der Waals surface area contributed by atoms with Crippen LogP contribution in [0.15, 0.2) is 59.7 Å². The second-order valence-electron chi connectivity index (χ2n) is 18.3. The van der Waals surface area contributed by atoms with Gasteiger partial charge in [-0.3, -0.25) is 24.6 Å². The van der Waals surface area contributed by atoms with E-state index in [0.29, 0.717) is 144 Å². The van der Waals surface area contributed by atoms with E-state index < -0.39 is 23.2 Å². The fraction of sp³-hybridized carbons (Fsp3) is 0.580. The number of Topliss-reactive ketones (excluding diaryl/α,β-unsaturated/α-hetero) is 1. The number of aromatic nitrogens is 4. The van der Waals surface area contributed by atoms with Gasteiger partial charge in [0.25, 0.3) is 5.91 Å². The first-order valence-electron chi connectivity index (χ1n) is 25.2. The number of fused-ring (bicyclic) bond motifs is 1. The molecule has 2 fully saturated rings. The van der Waals surface area contributed by atoms with Gasteiger partial charge in [-0.25, -0.2) is 15.0 Å². The minimum atomic E-state index is -4.50. The summed E-state index contributed by atoms with van der Waals surface area (Å²) < 4.78 is 66.4. The van der Waals surface area contributed by atoms with E-state index >= 15 is 0 Å². The molecule has 0 spiro atoms. The Hall–Kier alpha value is -5.60. The summed E-state index contributed by atoms with van der Waals surface area (Å²) in [5.41, 5.74) is 4.21. The van der Waals surface area contributed by atoms with Crippen LogP contribution in [0.25, 0.3) is 5.57 Å². The fourth-order valence-corrected chi connectivity index (χ4v) is 9.81. The van der Waals surface area contributed by atoms with Crippen LogP contribution in [-0.4, -0.2) is 172 Å². The zero-order valence-electron chi connectivity index (χ0n) is 42.2. The number of aliphatic hydroxyl groups excluding tert-OH is 1. The van der Waals surface area contributed by atoms with E-state index in [-0.39, 0.29) is 28.8 Å². The van der Waals surface area contributed by atoms with Crippen molar-refractivity contribution in [3.05, 3.63) is 70.2 Å². The van der Waals surface area contributed by atoms with Crippen molar-refractivity contribution < 1.29 is 56.3 Å². The summed E-state index contributed by atoms with van der Waals surface area (Å²) in [4.78, 5) is 60.8. The lowest BCUT2D eigenvalue weighted by atomic mass is 9.90. The molecule has 3 aromatic rings. The van der Waals surface area contributed by atoms with Gasteiger partial charge in [0.05, 0.1) is 90.7 Å². The number of ether oxygens (including phenoxy) is 5. The molecule has 5 N–H and O–H groups in total. The number of carbonyl (C=O) groups excluding carboxylic acids is 3. The Morgan fingerprint density at radius 2 is 1.47 bits per heavy atom. The molecule has 2 aliphatic heterocycles. The van der Waals surface area contributed by atoms with Crippen molar-refractivity contribution in [1.82, 2.24) is 35.5 Å². The quantitative estimate of drug-likeness (QED) is 0.0608. The molecule has 0 aromatic carbocycles. The summed E-state index contributed by atoms with van der Waals surface area (Å²) >= 11 is 0.391. The highest BCUT2D eigenvalue weighted by atomic mass is 32.1. The number of ketones is 1. The van der Waals surface area contributed by atoms with Crippen LogP contribution in [0.1, 0.15) is 63.3 Å². The zero-order valence-corrected chi connectivity index (χ0v) is 43.0. The molecular formula is C50H68F3N11O9S. The number of alkyl halides is 3. The van der Waals surface area contributed by atoms with E-state index in [1.165, 1.54) is 6.92 Å². The molecule has 74 heavy (non-hydrogen) atoms. The SMILES string of the molecule is CC(=O)C1=C(C)c2cnc(Nc3ccc(N4CCN(CC(=O)NCCOCCOCCOCCOCCOCCNC5=CC=C(C(=O)Nc6ncc(C(F)(F)F)s6)C(C)C5)CC4)cn3)nc2N(C2CCCC2)C1O. The lowest BCUT2D eigenvalue weighted by Crippen LogP contribution is -2.49. The highest BCUT2D eigenvalue weighted by Gasteiger charge is 2.39. The average Bonchev–Trinajstić information content (AvgIpc) is 4.09. The third kappa shape index (κ3) is 16.2. The highest BCUT2D eigenvalue weighted by molar-refractivity contribution is 7.15. The third-order valence-corrected chi connectivity index (χ3v) is 13.9. The first-order chi connectivity index (χ1) is 35.7. The van der Waals surface area contributed by atoms with E-state index in [1.54, 1.807) is 18.3 Å². The zero-order chi connectivity index (χ0) is 52.5. The van der Waals surface area contributed by atoms with Crippen molar-refractivity contribution >= 4 is 62.9 Å². The molecule has 4 aliphatic rings. The monoisotopic (exact) mass is 1060 g/mol. The van der Waals surface area contributed by atoms with Crippen molar-refractivity contribution in [2.45, 2.75) is 71.3 Å². The van der Waals surface area contributed by atoms with E-state index in [0.717, 1.165) is 68.8 Å². The largest absolute Gasteiger partial charge is 0.427 e. The summed E-state index contributed by atoms with van der Waals surface area (Å²) in [5.74, 6) is 0.741. The Kier molecular flexibility index (Phi) is 21.1. The summed E-state index contributed by atoms with van der Waals surface area (Å²) in [6, 6.07) is 3.97. The molecule has 0 radical (unpaired) electrons. The van der Waals surface area contributed by atoms with Crippen molar-refractivity contribution in [2.75, 3.05) is 132 Å². The number of piperazine rings is 1. The number of nitrogens with one attached hydrogen (secondary N) is 4. The topological polar surface area (TPSA) is 227 Å². The number of hydrogen-bond donors (Lipinski definition) is 5. The predicted molar refractivity (Wildman–Crippen MR) is 273 cm³/mol. The van der Waals surface area contributed by atoms with Gasteiger partial charge in [0.2, 0.25) is 11.9 Å². The van der Waals surface area contributed by atoms with Crippen LogP contribution in [0.4, 0.5) is 41.6 Å². The summed E-state index contributed by atoms with van der Waals surface area (Å²) in [6.45, 7) is 13.6. The number of pyridine rings is 1. The molecule has 7 rings (SSSR count). The maximum Gasteiger partial charge on any atom is 0.427 e. The van der Waals surface area contributed by atoms with Crippen LogP contribution >= 0.6 is 11.3 Å². The molecule has 2 unspecified atom stereocenters. The first kappa shape index (κ1) is 56.1. The van der Waals surface area contributed by atoms with Gasteiger partial charge in [-0.1, -0.05) is 37.2 Å². The minimum Gasteiger partial charge on any atom is -0.386 e. The van der Waals surface area contributed by atoms with Gasteiger partial charge in [-0.15, -0.1) is 0 Å². The number of halogens is 3. The Balaban J connectivity index is 0.651. The van der Waals surface area contributed by atoms with Crippen LogP contribution in [0.3, 0.4) is 0 Å². The van der Waals surface area contributed by atoms with Crippen molar-refractivity contribution in [3.8, 4) is 0 Å². The van der Waals surface area contributed by atoms with E-state index in [2.05, 4.69) is 46.0 Å². The van der Waals surface area contributed by atoms with Crippen molar-refractivity contribution in [1.29, 1.82) is 0 Å². The number of anilines is 5. The molecule has 1 saturated carbocycles. The number of allylic oxidation sites excluding steroid dienone is 4. The molecular weight excluding hydrogens is 988 g/mol. The van der Waals surface area contributed by atoms with Crippen LogP contribution < -0.4 is 31.1 Å². The van der Waals surface area contributed by atoms with Crippen LogP contribution in [0, 0.1) is 5.92 Å². The van der Waals surface area contributed by atoms with E-state index in [9.17, 15) is 32.7 Å². The first-order valence-corrected chi connectivity index (χ1v) is 26.0. The number of rotatable bonds is 28. The second-order valence-corrected chi connectivity index (χ2v) is 19.3. The third-order valence-electron chi connectivity index (χ3n) is 13.0. The number of nitrogens with zero attached hydrogens (tertiary/aromatic N) is 7. The Bertz CT molecular complexity index is 2430. The molecule has 2 amide bonds. The van der Waals surface area contributed by atoms with Gasteiger partial charge in [0.15, 0.2) is 17.1 Å². The highest BCUT2D eigenvalue weighted by Crippen LogP contribution is 2.41. The number of amides is 2. The molecule has 2 atom stereocenters. The maximum atomic E-state index is 12.8. The summed E-state index contributed by atoms with van der Waals surface area (Å²) in [6.07, 6.45) is 6.69. The van der Waals surface area contributed by atoms with Gasteiger partial charge >= 0.3 is 6.18 Å². The smallest absolute Gasteiger partial charge is 0.386 e. The molecule has 2 aliphatic carbocycles. The summed E-state index contributed by atoms with van der Waals surface area (Å²) in [7, 11) is 0. The standard InChI is InChI=1S/C50H68F3N11O9S/c1-33-28-36(8-10-39(33)46(67)61-49-58-31-41(74-49)50(51,52)53)54-12-18-69-20-22-71-24-26-73-27-25-72-23-21-70-19-13-55-43(66)32-62-14-16-63(17-15-62)38-9-11-42(56-29-38)59-48-57-30-40-34(2)44(35(3)65)47(68)64(45(40)60-48)37-6-4-5-7-37/h8-11,29-31,33,37,47,54,68H,4-7,12-28,32H2,1-3H3,(H,55,66)(H,58,61,67)(H,56,57,59,60). The van der Waals surface area contributed by atoms with Crippen LogP contribution in [-0.2, 0) is 44.2 Å². The molecule has 3 aromatic heterocycles. The van der Waals surface area contributed by atoms with E-state index in [1.807, 2.05) is 37.1 Å². The molecule has 5 heterocycles. The Morgan fingerprint density at radius 3 is 2.07 bits per heavy atom. The molecule has 1 saturated heterocycles. The van der Waals surface area contributed by atoms with Gasteiger partial charge in [0, 0.05) is 73.9 Å². The number of carbonyl (C=O) groups is 3. The normalized spacial score (nSPS) is 18.5. The van der Waals surface area contributed by atoms with Gasteiger partial charge in [-0.2, -0.15) is 18.2 Å². The predicted octanol–water partition coefficient (Wildman–Crippen LogP) is 4.93. The van der Waals surface area contributed by atoms with Crippen molar-refractivity contribution in [2.24, 2.45) is 5.92 Å². The Labute approximate surface area is 433 Å². The van der Waals surface area contributed by atoms with Gasteiger partial charge in [-0.05, 0) is 62.8 Å². The maximum absolute atomic E-state index is 12.8. The molecule has 20 nitrogen and oxygen atoms in total. The second kappa shape index (κ2) is 27.8. The lowest BCUT2D eigenvalue weighted by Gasteiger charge is -2.40. The van der Waals surface area contributed by atoms with E-state index in [4.69, 9.17) is 28.7 Å². The molecule has 404 valence electrons. The number of aliphatic hydroxyl groups is 1. The Morgan fingerprint density at radius 1 is 0.824 bits per heavy atom. The van der Waals surface area contributed by atoms with Crippen LogP contribution in [0.2, 0.25) is 0 Å². The summed E-state index contributed by atoms with van der Waals surface area (Å²) in [5, 5.41) is 23.1. The van der Waals surface area contributed by atoms with Gasteiger partial charge < -0.3 is 54.5 Å². The lowest BCUT2D eigenvalue weighted by molar-refractivity contribution is -0.134. The molecule has 0 bridgehead atoms. The number of thiazole rings is 1. The van der Waals surface area contributed by atoms with Gasteiger partial charge in [0.1, 0.15) is 16.5 Å². The van der Waals surface area contributed by atoms with Crippen molar-refractivity contribution in [3.63, 3.8) is 0 Å². The number of hydrogen-bond acceptors (Lipinski definition) is 19. The fourth-order valence-electron chi connectivity index (χ4n) is 9.13. The molecule has 24 heteroatoms. The minimum absolute atomic E-state index is 0.0507. The average molecular weight is 1060 g/mol.